The molecule has 3 heterocycles. The zero-order chi connectivity index (χ0) is 15.9. The van der Waals surface area contributed by atoms with Crippen LogP contribution in [0.25, 0.3) is 11.3 Å². The Bertz CT molecular complexity index is 833. The molecule has 1 N–H and O–H groups in total. The van der Waals surface area contributed by atoms with Crippen molar-refractivity contribution in [3.8, 4) is 11.3 Å². The number of hydrogen-bond donors (Lipinski definition) is 1. The van der Waals surface area contributed by atoms with Gasteiger partial charge in [0.05, 0.1) is 10.0 Å². The molecule has 0 saturated carbocycles. The number of nitrogens with zero attached hydrogens (tertiary/aromatic N) is 3. The largest absolute Gasteiger partial charge is 0.296 e. The van der Waals surface area contributed by atoms with Crippen molar-refractivity contribution in [2.75, 3.05) is 5.32 Å². The first kappa shape index (κ1) is 15.5. The first-order valence-corrected chi connectivity index (χ1v) is 8.62. The molecule has 3 rings (SSSR count). The van der Waals surface area contributed by atoms with Gasteiger partial charge < -0.3 is 0 Å². The van der Waals surface area contributed by atoms with E-state index in [1.54, 1.807) is 23.9 Å². The molecular weight excluding hydrogens is 363 g/mol. The smallest absolute Gasteiger partial charge is 0.277 e. The fourth-order valence-electron chi connectivity index (χ4n) is 1.80. The molecule has 3 aromatic rings. The maximum absolute atomic E-state index is 12.1. The van der Waals surface area contributed by atoms with E-state index in [1.165, 1.54) is 22.7 Å². The molecule has 0 saturated heterocycles. The lowest BCUT2D eigenvalue weighted by Gasteiger charge is -1.97. The number of rotatable bonds is 3. The number of thiophene rings is 1. The quantitative estimate of drug-likeness (QED) is 0.737. The molecule has 0 spiro atoms. The Balaban J connectivity index is 1.79. The predicted octanol–water partition coefficient (Wildman–Crippen LogP) is 4.47. The minimum absolute atomic E-state index is 0.293. The minimum atomic E-state index is -0.293. The van der Waals surface area contributed by atoms with Crippen LogP contribution in [0.4, 0.5) is 5.13 Å². The van der Waals surface area contributed by atoms with Gasteiger partial charge in [0.15, 0.2) is 10.8 Å². The highest BCUT2D eigenvalue weighted by molar-refractivity contribution is 7.20. The van der Waals surface area contributed by atoms with Crippen molar-refractivity contribution >= 4 is 56.9 Å². The highest BCUT2D eigenvalue weighted by atomic mass is 35.5. The normalized spacial score (nSPS) is 10.9. The Hall–Kier alpha value is -1.41. The van der Waals surface area contributed by atoms with E-state index in [9.17, 15) is 4.79 Å². The average molecular weight is 373 g/mol. The maximum atomic E-state index is 12.1. The molecule has 5 nitrogen and oxygen atoms in total. The second kappa shape index (κ2) is 6.00. The third-order valence-electron chi connectivity index (χ3n) is 3.00. The molecule has 0 aliphatic rings. The number of halogens is 2. The molecule has 9 heteroatoms. The average Bonchev–Trinajstić information content (AvgIpc) is 3.11. The number of nitrogens with one attached hydrogen (secondary N) is 1. The van der Waals surface area contributed by atoms with Crippen LogP contribution in [0, 0.1) is 6.92 Å². The number of thiazole rings is 1. The number of carbonyl (C=O) groups is 1. The summed E-state index contributed by atoms with van der Waals surface area (Å²) in [5, 5.41) is 9.18. The van der Waals surface area contributed by atoms with Gasteiger partial charge in [-0.3, -0.25) is 14.8 Å². The summed E-state index contributed by atoms with van der Waals surface area (Å²) in [5.74, 6) is -0.293. The third-order valence-corrected chi connectivity index (χ3v) is 5.25. The molecule has 0 aliphatic heterocycles. The van der Waals surface area contributed by atoms with Crippen molar-refractivity contribution in [1.82, 2.24) is 14.8 Å². The van der Waals surface area contributed by atoms with Crippen LogP contribution in [0.1, 0.15) is 16.2 Å². The van der Waals surface area contributed by atoms with Crippen molar-refractivity contribution in [2.45, 2.75) is 6.92 Å². The van der Waals surface area contributed by atoms with Gasteiger partial charge in [0.2, 0.25) is 0 Å². The molecule has 1 amide bonds. The van der Waals surface area contributed by atoms with Gasteiger partial charge in [0.1, 0.15) is 4.34 Å². The molecule has 0 bridgehead atoms. The van der Waals surface area contributed by atoms with Gasteiger partial charge in [0, 0.05) is 23.7 Å². The van der Waals surface area contributed by atoms with E-state index in [-0.39, 0.29) is 5.91 Å². The van der Waals surface area contributed by atoms with E-state index in [2.05, 4.69) is 15.4 Å². The van der Waals surface area contributed by atoms with Crippen LogP contribution in [0.3, 0.4) is 0 Å². The van der Waals surface area contributed by atoms with Crippen molar-refractivity contribution in [1.29, 1.82) is 0 Å². The zero-order valence-corrected chi connectivity index (χ0v) is 14.7. The molecule has 0 unspecified atom stereocenters. The Labute approximate surface area is 144 Å². The Morgan fingerprint density at radius 1 is 1.36 bits per heavy atom. The molecule has 0 atom stereocenters. The lowest BCUT2D eigenvalue weighted by molar-refractivity contribution is 0.102. The van der Waals surface area contributed by atoms with Crippen LogP contribution in [0.2, 0.25) is 8.67 Å². The van der Waals surface area contributed by atoms with E-state index in [0.29, 0.717) is 25.2 Å². The zero-order valence-electron chi connectivity index (χ0n) is 11.6. The van der Waals surface area contributed by atoms with Gasteiger partial charge in [0.25, 0.3) is 5.91 Å². The van der Waals surface area contributed by atoms with Crippen molar-refractivity contribution in [2.24, 2.45) is 7.05 Å². The monoisotopic (exact) mass is 372 g/mol. The second-order valence-electron chi connectivity index (χ2n) is 4.52. The number of carbonyl (C=O) groups excluding carboxylic acids is 1. The summed E-state index contributed by atoms with van der Waals surface area (Å²) >= 11 is 14.6. The number of anilines is 1. The molecule has 0 fully saturated rings. The van der Waals surface area contributed by atoms with Crippen LogP contribution in [0.15, 0.2) is 17.5 Å². The van der Waals surface area contributed by atoms with Gasteiger partial charge in [-0.05, 0) is 19.1 Å². The van der Waals surface area contributed by atoms with Gasteiger partial charge >= 0.3 is 0 Å². The molecular formula is C13H10Cl2N4OS2. The second-order valence-corrected chi connectivity index (χ2v) is 7.67. The fourth-order valence-corrected chi connectivity index (χ4v) is 3.99. The summed E-state index contributed by atoms with van der Waals surface area (Å²) in [6, 6.07) is 3.48. The molecule has 0 aliphatic carbocycles. The van der Waals surface area contributed by atoms with Crippen LogP contribution in [0.5, 0.6) is 0 Å². The van der Waals surface area contributed by atoms with Crippen LogP contribution >= 0.6 is 45.9 Å². The standard InChI is InChI=1S/C13H10Cl2N4OS2/c1-6-3-8(18-19(6)2)12(20)17-13-16-9(5-21-13)7-4-10(14)22-11(7)15/h3-5H,1-2H3,(H,16,17,20). The van der Waals surface area contributed by atoms with E-state index >= 15 is 0 Å². The Morgan fingerprint density at radius 2 is 2.14 bits per heavy atom. The third kappa shape index (κ3) is 3.03. The highest BCUT2D eigenvalue weighted by Crippen LogP contribution is 2.38. The topological polar surface area (TPSA) is 59.8 Å². The summed E-state index contributed by atoms with van der Waals surface area (Å²) in [6.07, 6.45) is 0. The summed E-state index contributed by atoms with van der Waals surface area (Å²) in [6.45, 7) is 1.88. The Kier molecular flexibility index (Phi) is 4.22. The lowest BCUT2D eigenvalue weighted by atomic mass is 10.3. The highest BCUT2D eigenvalue weighted by Gasteiger charge is 2.15. The number of hydrogen-bond acceptors (Lipinski definition) is 5. The SMILES string of the molecule is Cc1cc(C(=O)Nc2nc(-c3cc(Cl)sc3Cl)cs2)nn1C. The molecule has 22 heavy (non-hydrogen) atoms. The van der Waals surface area contributed by atoms with Crippen molar-refractivity contribution in [3.05, 3.63) is 37.6 Å². The summed E-state index contributed by atoms with van der Waals surface area (Å²) in [7, 11) is 1.79. The minimum Gasteiger partial charge on any atom is -0.296 e. The maximum Gasteiger partial charge on any atom is 0.277 e. The number of aromatic nitrogens is 3. The van der Waals surface area contributed by atoms with Crippen LogP contribution in [-0.4, -0.2) is 20.7 Å². The van der Waals surface area contributed by atoms with Crippen molar-refractivity contribution in [3.63, 3.8) is 0 Å². The fraction of sp³-hybridized carbons (Fsp3) is 0.154. The van der Waals surface area contributed by atoms with Crippen molar-refractivity contribution < 1.29 is 4.79 Å². The van der Waals surface area contributed by atoms with E-state index in [4.69, 9.17) is 23.2 Å². The molecule has 0 aromatic carbocycles. The molecule has 114 valence electrons. The predicted molar refractivity (Wildman–Crippen MR) is 91.3 cm³/mol. The van der Waals surface area contributed by atoms with E-state index < -0.39 is 0 Å². The number of aryl methyl sites for hydroxylation is 2. The lowest BCUT2D eigenvalue weighted by Crippen LogP contribution is -2.12. The first-order valence-electron chi connectivity index (χ1n) is 6.17. The van der Waals surface area contributed by atoms with Gasteiger partial charge in [-0.25, -0.2) is 4.98 Å². The molecule has 0 radical (unpaired) electrons. The van der Waals surface area contributed by atoms with Crippen LogP contribution < -0.4 is 5.32 Å². The van der Waals surface area contributed by atoms with Gasteiger partial charge in [-0.1, -0.05) is 23.2 Å². The number of amides is 1. The van der Waals surface area contributed by atoms with Crippen LogP contribution in [-0.2, 0) is 7.05 Å². The first-order chi connectivity index (χ1) is 10.4. The van der Waals surface area contributed by atoms with Gasteiger partial charge in [-0.2, -0.15) is 5.10 Å². The summed E-state index contributed by atoms with van der Waals surface area (Å²) in [4.78, 5) is 16.5. The summed E-state index contributed by atoms with van der Waals surface area (Å²) in [5.41, 5.74) is 2.71. The summed E-state index contributed by atoms with van der Waals surface area (Å²) < 4.78 is 2.83. The van der Waals surface area contributed by atoms with E-state index in [0.717, 1.165) is 11.3 Å². The van der Waals surface area contributed by atoms with E-state index in [1.807, 2.05) is 12.3 Å². The Morgan fingerprint density at radius 3 is 2.73 bits per heavy atom. The van der Waals surface area contributed by atoms with Gasteiger partial charge in [-0.15, -0.1) is 22.7 Å². The molecule has 3 aromatic heterocycles.